The van der Waals surface area contributed by atoms with Crippen molar-refractivity contribution in [3.05, 3.63) is 119 Å². The van der Waals surface area contributed by atoms with Crippen LogP contribution in [0.1, 0.15) is 106 Å². The lowest BCUT2D eigenvalue weighted by Gasteiger charge is -2.40. The number of ketones is 1. The zero-order chi connectivity index (χ0) is 81.3. The van der Waals surface area contributed by atoms with Crippen LogP contribution in [0.15, 0.2) is 97.1 Å². The highest BCUT2D eigenvalue weighted by Gasteiger charge is 2.48. The number of Topliss-reactive ketones (excluding diaryl/α,β-unsaturated/α-hetero) is 1. The van der Waals surface area contributed by atoms with Crippen LogP contribution >= 0.6 is 48.9 Å². The van der Waals surface area contributed by atoms with Crippen molar-refractivity contribution >= 4 is 86.4 Å². The normalized spacial score (nSPS) is 28.6. The smallest absolute Gasteiger partial charge is 0.326 e. The van der Waals surface area contributed by atoms with Crippen molar-refractivity contribution in [3.63, 3.8) is 0 Å². The summed E-state index contributed by atoms with van der Waals surface area (Å²) in [5, 5.41) is 175. The van der Waals surface area contributed by atoms with E-state index in [0.29, 0.717) is 111 Å². The standard InChI is InChI=1S/C77H106N4O27S4/c1-40-61(87)54(36-82)105-74(62(40)88)101-46-23-15-42(16-24-46)32-58(110)78-29-7-5-9-45(72(98)81-52(73(99)100)12-4-2-3-10-50(109)31-41-13-21-47(22-14-41)102-75-69(95)66(92)63(89)55(37-83)106-75)35-53(86)51(80-60(112)34-44-19-27-49(28-20-44)104-77-71(97)68(94)65(91)57(39-85)108-77)11-6-8-30-79-59(111)33-43-17-25-48(26-18-43)103-76-70(96)67(93)64(90)56(38-84)107-76/h13-28,40,45,51-52,54-57,61-71,74-77,82-85,87-97H,2-12,29-39H2,1H3,(H,78,110)(H,79,111)(H,80,112)(H,81,98)(H,99,100). The summed E-state index contributed by atoms with van der Waals surface area (Å²) in [5.74, 6) is -2.73. The first-order valence-corrected chi connectivity index (χ1v) is 39.2. The molecule has 4 aromatic carbocycles. The molecule has 4 heterocycles. The van der Waals surface area contributed by atoms with Gasteiger partial charge in [0, 0.05) is 57.0 Å². The molecule has 0 spiro atoms. The van der Waals surface area contributed by atoms with Crippen LogP contribution in [0.4, 0.5) is 0 Å². The number of aliphatic hydroxyl groups excluding tert-OH is 15. The highest BCUT2D eigenvalue weighted by atomic mass is 32.1. The van der Waals surface area contributed by atoms with E-state index in [1.54, 1.807) is 104 Å². The summed E-state index contributed by atoms with van der Waals surface area (Å²) in [5.41, 5.74) is 3.15. The Kier molecular flexibility index (Phi) is 36.9. The number of nitrogens with one attached hydrogen (secondary N) is 4. The zero-order valence-electron chi connectivity index (χ0n) is 61.9. The molecular formula is C77H106N4O27S4. The fourth-order valence-electron chi connectivity index (χ4n) is 13.3. The van der Waals surface area contributed by atoms with Gasteiger partial charge >= 0.3 is 5.97 Å². The number of carbonyl (C=O) groups is 3. The van der Waals surface area contributed by atoms with Gasteiger partial charge in [-0.1, -0.05) is 124 Å². The van der Waals surface area contributed by atoms with Crippen LogP contribution in [0.2, 0.25) is 0 Å². The first-order chi connectivity index (χ1) is 53.6. The number of carboxylic acid groups (broad SMARTS) is 1. The third-order valence-electron chi connectivity index (χ3n) is 20.1. The molecule has 8 rings (SSSR count). The number of unbranched alkanes of at least 4 members (excludes halogenated alkanes) is 4. The average Bonchev–Trinajstić information content (AvgIpc) is 0.823. The van der Waals surface area contributed by atoms with E-state index in [-0.39, 0.29) is 54.4 Å². The molecular weight excluding hydrogens is 1540 g/mol. The Bertz CT molecular complexity index is 3610. The quantitative estimate of drug-likeness (QED) is 0.0203. The highest BCUT2D eigenvalue weighted by molar-refractivity contribution is 7.81. The first kappa shape index (κ1) is 91.2. The number of amides is 1. The summed E-state index contributed by atoms with van der Waals surface area (Å²) in [4.78, 5) is 44.5. The lowest BCUT2D eigenvalue weighted by molar-refractivity contribution is -0.277. The van der Waals surface area contributed by atoms with Gasteiger partial charge in [-0.15, -0.1) is 0 Å². The molecule has 20 N–H and O–H groups in total. The molecule has 112 heavy (non-hydrogen) atoms. The Morgan fingerprint density at radius 1 is 0.393 bits per heavy atom. The van der Waals surface area contributed by atoms with Crippen molar-refractivity contribution in [2.45, 2.75) is 238 Å². The number of carbonyl (C=O) groups excluding carboxylic acids is 2. The van der Waals surface area contributed by atoms with Gasteiger partial charge in [0.2, 0.25) is 31.1 Å². The fourth-order valence-corrected chi connectivity index (χ4v) is 14.4. The van der Waals surface area contributed by atoms with Gasteiger partial charge in [0.25, 0.3) is 0 Å². The minimum atomic E-state index is -1.66. The maximum Gasteiger partial charge on any atom is 0.326 e. The topological polar surface area (TPSA) is 497 Å². The molecule has 4 aliphatic heterocycles. The van der Waals surface area contributed by atoms with Crippen molar-refractivity contribution in [2.24, 2.45) is 11.8 Å². The molecule has 620 valence electrons. The lowest BCUT2D eigenvalue weighted by atomic mass is 9.90. The molecule has 4 fully saturated rings. The van der Waals surface area contributed by atoms with E-state index >= 15 is 0 Å². The summed E-state index contributed by atoms with van der Waals surface area (Å²) < 4.78 is 45.2. The Morgan fingerprint density at radius 3 is 1.12 bits per heavy atom. The lowest BCUT2D eigenvalue weighted by Crippen LogP contribution is -2.60. The highest BCUT2D eigenvalue weighted by Crippen LogP contribution is 2.32. The summed E-state index contributed by atoms with van der Waals surface area (Å²) in [6.07, 6.45) is -20.9. The summed E-state index contributed by atoms with van der Waals surface area (Å²) in [6, 6.07) is 24.7. The number of hydrogen-bond acceptors (Lipinski definition) is 30. The molecule has 0 saturated carbocycles. The third-order valence-corrected chi connectivity index (χ3v) is 21.3. The molecule has 1 amide bonds. The van der Waals surface area contributed by atoms with Gasteiger partial charge in [-0.25, -0.2) is 4.79 Å². The van der Waals surface area contributed by atoms with Crippen LogP contribution in [0.25, 0.3) is 0 Å². The Labute approximate surface area is 670 Å². The van der Waals surface area contributed by atoms with E-state index < -0.39 is 179 Å². The molecule has 23 atom stereocenters. The molecule has 4 saturated heterocycles. The second kappa shape index (κ2) is 45.3. The number of benzene rings is 4. The summed E-state index contributed by atoms with van der Waals surface area (Å²) in [7, 11) is 0. The van der Waals surface area contributed by atoms with E-state index in [9.17, 15) is 96.1 Å². The second-order valence-corrected chi connectivity index (χ2v) is 30.7. The van der Waals surface area contributed by atoms with Crippen molar-refractivity contribution in [1.29, 1.82) is 0 Å². The second-order valence-electron chi connectivity index (χ2n) is 28.6. The van der Waals surface area contributed by atoms with Crippen molar-refractivity contribution in [3.8, 4) is 23.0 Å². The predicted octanol–water partition coefficient (Wildman–Crippen LogP) is -0.127. The van der Waals surface area contributed by atoms with Crippen LogP contribution in [0.3, 0.4) is 0 Å². The SMILES string of the molecule is CC1C(O)C(CO)OC(Oc2ccc(CC(=S)NCCCCC(CC(=O)C(CCCCNC(=S)Cc3ccc(OC4OC(CO)C(O)C(O)C4O)cc3)NC(=S)Cc3ccc(OC4OC(CO)C(O)C(O)C4O)cc3)C(=O)NC(CCCCCC(=S)Cc3ccc(OC4OC(CO)C(O)C(O)C4O)cc3)C(=O)O)cc2)C1O. The number of aliphatic hydroxyl groups is 15. The maximum absolute atomic E-state index is 15.0. The molecule has 31 nitrogen and oxygen atoms in total. The number of thiocarbonyl (C=S) groups is 4. The molecule has 0 aromatic heterocycles. The Balaban J connectivity index is 0.893. The molecule has 4 aromatic rings. The van der Waals surface area contributed by atoms with Crippen LogP contribution in [-0.4, -0.2) is 288 Å². The number of aliphatic carboxylic acids is 1. The summed E-state index contributed by atoms with van der Waals surface area (Å²) >= 11 is 23.0. The maximum atomic E-state index is 15.0. The minimum absolute atomic E-state index is 0.0709. The number of hydrogen-bond donors (Lipinski definition) is 20. The van der Waals surface area contributed by atoms with Gasteiger partial charge in [0.1, 0.15) is 114 Å². The van der Waals surface area contributed by atoms with Crippen LogP contribution in [0, 0.1) is 11.8 Å². The van der Waals surface area contributed by atoms with Crippen molar-refractivity contribution < 1.29 is 134 Å². The van der Waals surface area contributed by atoms with Gasteiger partial charge in [-0.05, 0) is 127 Å². The molecule has 23 unspecified atom stereocenters. The van der Waals surface area contributed by atoms with E-state index in [2.05, 4.69) is 21.3 Å². The van der Waals surface area contributed by atoms with E-state index in [1.807, 2.05) is 0 Å². The Morgan fingerprint density at radius 2 is 0.732 bits per heavy atom. The fraction of sp³-hybridized carbons (Fsp3) is 0.597. The molecule has 0 bridgehead atoms. The number of rotatable bonds is 43. The van der Waals surface area contributed by atoms with E-state index in [4.69, 9.17) is 86.8 Å². The molecule has 35 heteroatoms. The van der Waals surface area contributed by atoms with Gasteiger partial charge < -0.3 is 141 Å². The molecule has 0 radical (unpaired) electrons. The van der Waals surface area contributed by atoms with Gasteiger partial charge in [-0.3, -0.25) is 9.59 Å². The monoisotopic (exact) mass is 1650 g/mol. The van der Waals surface area contributed by atoms with Gasteiger partial charge in [-0.2, -0.15) is 0 Å². The molecule has 0 aliphatic carbocycles. The van der Waals surface area contributed by atoms with Gasteiger partial charge in [0.15, 0.2) is 5.78 Å². The predicted molar refractivity (Wildman–Crippen MR) is 418 cm³/mol. The average molecular weight is 1650 g/mol. The number of carboxylic acids is 1. The largest absolute Gasteiger partial charge is 0.480 e. The van der Waals surface area contributed by atoms with Crippen LogP contribution in [-0.2, 0) is 59.0 Å². The van der Waals surface area contributed by atoms with Crippen LogP contribution < -0.4 is 40.2 Å². The van der Waals surface area contributed by atoms with Crippen LogP contribution in [0.5, 0.6) is 23.0 Å². The third kappa shape index (κ3) is 26.9. The van der Waals surface area contributed by atoms with Gasteiger partial charge in [0.05, 0.1) is 53.5 Å². The Hall–Kier alpha value is -6.31. The molecule has 4 aliphatic rings. The summed E-state index contributed by atoms with van der Waals surface area (Å²) in [6.45, 7) is 0.0890. The zero-order valence-corrected chi connectivity index (χ0v) is 65.1. The van der Waals surface area contributed by atoms with Crippen molar-refractivity contribution in [2.75, 3.05) is 39.5 Å². The minimum Gasteiger partial charge on any atom is -0.480 e. The van der Waals surface area contributed by atoms with E-state index in [1.165, 1.54) is 0 Å². The van der Waals surface area contributed by atoms with E-state index in [0.717, 1.165) is 21.6 Å². The van der Waals surface area contributed by atoms with Crippen molar-refractivity contribution in [1.82, 2.24) is 21.3 Å². The first-order valence-electron chi connectivity index (χ1n) is 37.6. The number of ether oxygens (including phenoxy) is 8.